The van der Waals surface area contributed by atoms with Gasteiger partial charge in [0.15, 0.2) is 0 Å². The van der Waals surface area contributed by atoms with Crippen LogP contribution in [0.15, 0.2) is 0 Å². The van der Waals surface area contributed by atoms with Gasteiger partial charge in [0.05, 0.1) is 35.6 Å². The standard InChI is InChI=1S/C12H25Cl3O4Si/c1-2-3-4-5-6-7-8-9-10-11-12-16-20(17-13,18-14)19-15/h2-12H2,1H3. The van der Waals surface area contributed by atoms with Gasteiger partial charge in [-0.2, -0.15) is 0 Å². The maximum absolute atomic E-state index is 5.23. The zero-order chi connectivity index (χ0) is 15.1. The Morgan fingerprint density at radius 1 is 0.650 bits per heavy atom. The zero-order valence-electron chi connectivity index (χ0n) is 12.0. The summed E-state index contributed by atoms with van der Waals surface area (Å²) in [5, 5.41) is 0. The van der Waals surface area contributed by atoms with Crippen molar-refractivity contribution in [3.63, 3.8) is 0 Å². The Labute approximate surface area is 139 Å². The van der Waals surface area contributed by atoms with Gasteiger partial charge < -0.3 is 4.43 Å². The molecule has 0 aliphatic rings. The molecule has 0 saturated heterocycles. The van der Waals surface area contributed by atoms with Crippen molar-refractivity contribution in [2.75, 3.05) is 6.61 Å². The predicted molar refractivity (Wildman–Crippen MR) is 84.4 cm³/mol. The van der Waals surface area contributed by atoms with Crippen LogP contribution in [0.5, 0.6) is 0 Å². The van der Waals surface area contributed by atoms with Crippen molar-refractivity contribution in [3.05, 3.63) is 0 Å². The average molecular weight is 368 g/mol. The van der Waals surface area contributed by atoms with E-state index < -0.39 is 9.05 Å². The first-order valence-corrected chi connectivity index (χ1v) is 9.83. The van der Waals surface area contributed by atoms with Gasteiger partial charge in [0, 0.05) is 6.61 Å². The van der Waals surface area contributed by atoms with Gasteiger partial charge in [0.2, 0.25) is 0 Å². The Bertz CT molecular complexity index is 201. The first kappa shape index (κ1) is 20.9. The summed E-state index contributed by atoms with van der Waals surface area (Å²) in [5.74, 6) is 0. The number of hydrogen-bond donors (Lipinski definition) is 0. The lowest BCUT2D eigenvalue weighted by Gasteiger charge is -2.17. The molecule has 20 heavy (non-hydrogen) atoms. The first-order chi connectivity index (χ1) is 9.74. The summed E-state index contributed by atoms with van der Waals surface area (Å²) in [7, 11) is -3.52. The minimum Gasteiger partial charge on any atom is -0.349 e. The molecule has 0 aromatic heterocycles. The molecule has 8 heteroatoms. The summed E-state index contributed by atoms with van der Waals surface area (Å²) in [4.78, 5) is 0. The van der Waals surface area contributed by atoms with Crippen LogP contribution < -0.4 is 0 Å². The SMILES string of the molecule is CCCCCCCCCCCCO[Si](OCl)(OCl)OCl. The van der Waals surface area contributed by atoms with Crippen molar-refractivity contribution in [2.24, 2.45) is 0 Å². The van der Waals surface area contributed by atoms with Crippen LogP contribution >= 0.6 is 35.6 Å². The molecule has 0 aromatic rings. The van der Waals surface area contributed by atoms with Crippen molar-refractivity contribution in [1.29, 1.82) is 0 Å². The molecular weight excluding hydrogens is 343 g/mol. The van der Waals surface area contributed by atoms with Crippen molar-refractivity contribution in [2.45, 2.75) is 71.1 Å². The Morgan fingerprint density at radius 3 is 1.45 bits per heavy atom. The monoisotopic (exact) mass is 366 g/mol. The topological polar surface area (TPSA) is 36.9 Å². The molecular formula is C12H25Cl3O4Si. The summed E-state index contributed by atoms with van der Waals surface area (Å²) < 4.78 is 18.5. The Morgan fingerprint density at radius 2 is 1.05 bits per heavy atom. The van der Waals surface area contributed by atoms with Crippen LogP contribution in [0.25, 0.3) is 0 Å². The van der Waals surface area contributed by atoms with Gasteiger partial charge in [-0.05, 0) is 6.42 Å². The van der Waals surface area contributed by atoms with E-state index in [1.165, 1.54) is 51.4 Å². The summed E-state index contributed by atoms with van der Waals surface area (Å²) in [5.41, 5.74) is 0. The van der Waals surface area contributed by atoms with Crippen LogP contribution in [0.4, 0.5) is 0 Å². The van der Waals surface area contributed by atoms with Crippen LogP contribution in [0.2, 0.25) is 0 Å². The minimum atomic E-state index is -3.52. The lowest BCUT2D eigenvalue weighted by molar-refractivity contribution is 0.102. The van der Waals surface area contributed by atoms with Crippen LogP contribution in [-0.4, -0.2) is 15.7 Å². The van der Waals surface area contributed by atoms with E-state index in [1.807, 2.05) is 0 Å². The highest BCUT2D eigenvalue weighted by atomic mass is 35.5. The van der Waals surface area contributed by atoms with Gasteiger partial charge in [0.1, 0.15) is 0 Å². The molecule has 0 radical (unpaired) electrons. The van der Waals surface area contributed by atoms with Crippen LogP contribution in [0.3, 0.4) is 0 Å². The molecule has 0 atom stereocenters. The molecule has 0 aliphatic heterocycles. The number of hydrogen-bond acceptors (Lipinski definition) is 4. The highest BCUT2D eigenvalue weighted by Crippen LogP contribution is 2.18. The summed E-state index contributed by atoms with van der Waals surface area (Å²) >= 11 is 15.5. The van der Waals surface area contributed by atoms with Crippen LogP contribution in [-0.2, 0) is 16.4 Å². The maximum atomic E-state index is 5.23. The highest BCUT2D eigenvalue weighted by Gasteiger charge is 2.47. The summed E-state index contributed by atoms with van der Waals surface area (Å²) in [6.45, 7) is 2.63. The average Bonchev–Trinajstić information content (AvgIpc) is 2.49. The quantitative estimate of drug-likeness (QED) is 0.268. The normalized spacial score (nSPS) is 12.0. The van der Waals surface area contributed by atoms with Crippen molar-refractivity contribution < 1.29 is 16.4 Å². The lowest BCUT2D eigenvalue weighted by atomic mass is 10.1. The third-order valence-electron chi connectivity index (χ3n) is 3.06. The molecule has 0 aromatic carbocycles. The molecule has 4 nitrogen and oxygen atoms in total. The minimum absolute atomic E-state index is 0.398. The van der Waals surface area contributed by atoms with Crippen molar-refractivity contribution >= 4 is 44.6 Å². The highest BCUT2D eigenvalue weighted by molar-refractivity contribution is 6.65. The smallest absolute Gasteiger partial charge is 0.349 e. The summed E-state index contributed by atoms with van der Waals surface area (Å²) in [6, 6.07) is 0. The molecule has 0 rings (SSSR count). The first-order valence-electron chi connectivity index (χ1n) is 7.28. The van der Waals surface area contributed by atoms with E-state index in [2.05, 4.69) is 18.9 Å². The van der Waals surface area contributed by atoms with Gasteiger partial charge in [-0.15, -0.1) is 0 Å². The zero-order valence-corrected chi connectivity index (χ0v) is 15.3. The molecule has 0 bridgehead atoms. The van der Waals surface area contributed by atoms with E-state index in [9.17, 15) is 0 Å². The molecule has 0 N–H and O–H groups in total. The molecule has 122 valence electrons. The van der Waals surface area contributed by atoms with Gasteiger partial charge in [-0.25, -0.2) is 11.9 Å². The Hall–Kier alpha value is 0.927. The number of rotatable bonds is 15. The second-order valence-electron chi connectivity index (χ2n) is 4.76. The third-order valence-corrected chi connectivity index (χ3v) is 5.89. The van der Waals surface area contributed by atoms with Crippen molar-refractivity contribution in [3.8, 4) is 0 Å². The molecule has 0 aliphatic carbocycles. The largest absolute Gasteiger partial charge is 0.730 e. The second kappa shape index (κ2) is 14.8. The van der Waals surface area contributed by atoms with Gasteiger partial charge in [0.25, 0.3) is 0 Å². The van der Waals surface area contributed by atoms with E-state index >= 15 is 0 Å². The van der Waals surface area contributed by atoms with Crippen LogP contribution in [0, 0.1) is 0 Å². The van der Waals surface area contributed by atoms with E-state index in [0.717, 1.165) is 12.8 Å². The van der Waals surface area contributed by atoms with E-state index in [4.69, 9.17) is 40.0 Å². The fourth-order valence-corrected chi connectivity index (χ4v) is 3.75. The van der Waals surface area contributed by atoms with Gasteiger partial charge in [-0.1, -0.05) is 64.7 Å². The van der Waals surface area contributed by atoms with E-state index in [-0.39, 0.29) is 0 Å². The molecule has 0 heterocycles. The predicted octanol–water partition coefficient (Wildman–Crippen LogP) is 5.87. The fraction of sp³-hybridized carbons (Fsp3) is 1.00. The maximum Gasteiger partial charge on any atom is 0.730 e. The molecule has 0 fully saturated rings. The Balaban J connectivity index is 3.32. The molecule has 0 amide bonds. The summed E-state index contributed by atoms with van der Waals surface area (Å²) in [6.07, 6.45) is 12.4. The van der Waals surface area contributed by atoms with E-state index in [1.54, 1.807) is 0 Å². The third kappa shape index (κ3) is 10.6. The number of unbranched alkanes of at least 4 members (excludes halogenated alkanes) is 9. The molecule has 0 unspecified atom stereocenters. The number of halogens is 3. The van der Waals surface area contributed by atoms with Gasteiger partial charge in [-0.3, -0.25) is 0 Å². The van der Waals surface area contributed by atoms with E-state index in [0.29, 0.717) is 6.61 Å². The van der Waals surface area contributed by atoms with Gasteiger partial charge >= 0.3 is 9.05 Å². The second-order valence-corrected chi connectivity index (χ2v) is 7.90. The fourth-order valence-electron chi connectivity index (χ4n) is 1.89. The van der Waals surface area contributed by atoms with Crippen LogP contribution in [0.1, 0.15) is 71.1 Å². The van der Waals surface area contributed by atoms with Crippen molar-refractivity contribution in [1.82, 2.24) is 0 Å². The lowest BCUT2D eigenvalue weighted by Crippen LogP contribution is -2.42. The Kier molecular flexibility index (Phi) is 15.5. The molecule has 0 saturated carbocycles. The molecule has 0 spiro atoms.